The molecule has 17 heavy (non-hydrogen) atoms. The van der Waals surface area contributed by atoms with Crippen molar-refractivity contribution in [1.82, 2.24) is 9.71 Å². The van der Waals surface area contributed by atoms with Crippen LogP contribution >= 0.6 is 11.6 Å². The lowest BCUT2D eigenvalue weighted by molar-refractivity contribution is 0.177. The Labute approximate surface area is 103 Å². The summed E-state index contributed by atoms with van der Waals surface area (Å²) in [7, 11) is -2.98. The standard InChI is InChI=1S/C8H10ClN3O4S/c1-5-6(3-4-7(9)10-5)11-17(14,15)12-8(13)16-2/h3-4,11H,1-2H3,(H,12,13). The fraction of sp³-hybridized carbons (Fsp3) is 0.250. The third kappa shape index (κ3) is 4.08. The summed E-state index contributed by atoms with van der Waals surface area (Å²) >= 11 is 5.62. The number of nitrogens with zero attached hydrogens (tertiary/aromatic N) is 1. The number of pyridine rings is 1. The fourth-order valence-electron chi connectivity index (χ4n) is 0.960. The van der Waals surface area contributed by atoms with Crippen LogP contribution in [0.2, 0.25) is 5.15 Å². The molecule has 0 unspecified atom stereocenters. The lowest BCUT2D eigenvalue weighted by Gasteiger charge is -2.10. The average molecular weight is 280 g/mol. The van der Waals surface area contributed by atoms with Gasteiger partial charge in [0.15, 0.2) is 0 Å². The highest BCUT2D eigenvalue weighted by molar-refractivity contribution is 7.91. The number of ether oxygens (including phenoxy) is 1. The minimum atomic E-state index is -4.04. The van der Waals surface area contributed by atoms with Crippen molar-refractivity contribution in [2.75, 3.05) is 11.8 Å². The number of nitrogens with one attached hydrogen (secondary N) is 2. The van der Waals surface area contributed by atoms with Crippen molar-refractivity contribution in [2.24, 2.45) is 0 Å². The number of methoxy groups -OCH3 is 1. The molecule has 1 aromatic rings. The molecule has 0 atom stereocenters. The number of amides is 1. The molecule has 0 aliphatic rings. The van der Waals surface area contributed by atoms with Gasteiger partial charge in [0.2, 0.25) is 0 Å². The SMILES string of the molecule is COC(=O)NS(=O)(=O)Nc1ccc(Cl)nc1C. The Morgan fingerprint density at radius 2 is 2.12 bits per heavy atom. The first kappa shape index (κ1) is 13.5. The van der Waals surface area contributed by atoms with Crippen LogP contribution in [0.25, 0.3) is 0 Å². The van der Waals surface area contributed by atoms with E-state index in [2.05, 4.69) is 14.4 Å². The van der Waals surface area contributed by atoms with Crippen LogP contribution < -0.4 is 9.44 Å². The smallest absolute Gasteiger partial charge is 0.422 e. The number of halogens is 1. The molecule has 0 aliphatic heterocycles. The van der Waals surface area contributed by atoms with Gasteiger partial charge >= 0.3 is 16.3 Å². The van der Waals surface area contributed by atoms with E-state index in [-0.39, 0.29) is 10.8 Å². The Morgan fingerprint density at radius 3 is 2.65 bits per heavy atom. The minimum Gasteiger partial charge on any atom is -0.452 e. The Balaban J connectivity index is 2.87. The van der Waals surface area contributed by atoms with E-state index in [4.69, 9.17) is 11.6 Å². The Kier molecular flexibility index (Phi) is 4.13. The van der Waals surface area contributed by atoms with E-state index < -0.39 is 16.3 Å². The Hall–Kier alpha value is -1.54. The van der Waals surface area contributed by atoms with Crippen molar-refractivity contribution < 1.29 is 17.9 Å². The molecule has 94 valence electrons. The van der Waals surface area contributed by atoms with Gasteiger partial charge in [0.05, 0.1) is 18.5 Å². The van der Waals surface area contributed by atoms with E-state index in [0.717, 1.165) is 7.11 Å². The van der Waals surface area contributed by atoms with E-state index >= 15 is 0 Å². The van der Waals surface area contributed by atoms with E-state index in [9.17, 15) is 13.2 Å². The maximum absolute atomic E-state index is 11.4. The number of hydrogen-bond donors (Lipinski definition) is 2. The number of aryl methyl sites for hydroxylation is 1. The second-order valence-electron chi connectivity index (χ2n) is 2.97. The van der Waals surface area contributed by atoms with Crippen molar-refractivity contribution in [2.45, 2.75) is 6.92 Å². The van der Waals surface area contributed by atoms with Gasteiger partial charge in [0.25, 0.3) is 0 Å². The first-order chi connectivity index (χ1) is 7.84. The highest BCUT2D eigenvalue weighted by atomic mass is 35.5. The summed E-state index contributed by atoms with van der Waals surface area (Å²) in [5.74, 6) is 0. The summed E-state index contributed by atoms with van der Waals surface area (Å²) in [6, 6.07) is 2.85. The van der Waals surface area contributed by atoms with Crippen LogP contribution in [0, 0.1) is 6.92 Å². The second kappa shape index (κ2) is 5.19. The summed E-state index contributed by atoms with van der Waals surface area (Å²) in [4.78, 5) is 14.6. The molecule has 0 aliphatic carbocycles. The molecule has 0 aromatic carbocycles. The minimum absolute atomic E-state index is 0.214. The van der Waals surface area contributed by atoms with Crippen LogP contribution in [-0.2, 0) is 14.9 Å². The molecule has 1 rings (SSSR count). The zero-order valence-electron chi connectivity index (χ0n) is 9.02. The van der Waals surface area contributed by atoms with Crippen molar-refractivity contribution in [3.8, 4) is 0 Å². The quantitative estimate of drug-likeness (QED) is 0.806. The molecule has 0 saturated carbocycles. The lowest BCUT2D eigenvalue weighted by atomic mass is 10.3. The molecule has 0 bridgehead atoms. The maximum atomic E-state index is 11.4. The van der Waals surface area contributed by atoms with Gasteiger partial charge in [-0.2, -0.15) is 8.42 Å². The van der Waals surface area contributed by atoms with Crippen molar-refractivity contribution in [1.29, 1.82) is 0 Å². The van der Waals surface area contributed by atoms with Gasteiger partial charge in [-0.05, 0) is 19.1 Å². The van der Waals surface area contributed by atoms with Crippen LogP contribution in [-0.4, -0.2) is 26.6 Å². The Bertz CT molecular complexity index is 532. The molecule has 0 spiro atoms. The largest absolute Gasteiger partial charge is 0.452 e. The molecule has 0 radical (unpaired) electrons. The third-order valence-corrected chi connectivity index (χ3v) is 2.83. The molecule has 0 saturated heterocycles. The molecule has 1 amide bonds. The van der Waals surface area contributed by atoms with Gasteiger partial charge in [-0.15, -0.1) is 0 Å². The maximum Gasteiger partial charge on any atom is 0.422 e. The molecule has 7 nitrogen and oxygen atoms in total. The number of carbonyl (C=O) groups is 1. The molecular weight excluding hydrogens is 270 g/mol. The van der Waals surface area contributed by atoms with Crippen molar-refractivity contribution in [3.63, 3.8) is 0 Å². The van der Waals surface area contributed by atoms with Crippen LogP contribution in [0.4, 0.5) is 10.5 Å². The summed E-state index contributed by atoms with van der Waals surface area (Å²) < 4.78 is 30.8. The lowest BCUT2D eigenvalue weighted by Crippen LogP contribution is -2.35. The second-order valence-corrected chi connectivity index (χ2v) is 4.77. The topological polar surface area (TPSA) is 97.4 Å². The predicted octanol–water partition coefficient (Wildman–Crippen LogP) is 1.06. The summed E-state index contributed by atoms with van der Waals surface area (Å²) in [6.45, 7) is 1.57. The summed E-state index contributed by atoms with van der Waals surface area (Å²) in [5.41, 5.74) is 0.596. The van der Waals surface area contributed by atoms with E-state index in [1.54, 1.807) is 11.6 Å². The van der Waals surface area contributed by atoms with E-state index in [1.807, 2.05) is 0 Å². The van der Waals surface area contributed by atoms with Gasteiger partial charge in [-0.25, -0.2) is 14.5 Å². The molecule has 2 N–H and O–H groups in total. The zero-order chi connectivity index (χ0) is 13.1. The highest BCUT2D eigenvalue weighted by Crippen LogP contribution is 2.16. The number of aromatic nitrogens is 1. The average Bonchev–Trinajstić information content (AvgIpc) is 2.21. The first-order valence-corrected chi connectivity index (χ1v) is 6.22. The van der Waals surface area contributed by atoms with Crippen LogP contribution in [0.3, 0.4) is 0 Å². The van der Waals surface area contributed by atoms with Gasteiger partial charge in [0, 0.05) is 0 Å². The van der Waals surface area contributed by atoms with Crippen molar-refractivity contribution >= 4 is 33.6 Å². The molecule has 9 heteroatoms. The van der Waals surface area contributed by atoms with E-state index in [1.165, 1.54) is 12.1 Å². The van der Waals surface area contributed by atoms with Gasteiger partial charge in [0.1, 0.15) is 5.15 Å². The fourth-order valence-corrected chi connectivity index (χ4v) is 2.01. The van der Waals surface area contributed by atoms with Crippen molar-refractivity contribution in [3.05, 3.63) is 23.0 Å². The van der Waals surface area contributed by atoms with E-state index in [0.29, 0.717) is 5.69 Å². The number of rotatable bonds is 3. The van der Waals surface area contributed by atoms with Gasteiger partial charge in [-0.1, -0.05) is 11.6 Å². The van der Waals surface area contributed by atoms with Gasteiger partial charge < -0.3 is 4.74 Å². The number of anilines is 1. The first-order valence-electron chi connectivity index (χ1n) is 4.35. The van der Waals surface area contributed by atoms with Crippen LogP contribution in [0.5, 0.6) is 0 Å². The number of carbonyl (C=O) groups excluding carboxylic acids is 1. The van der Waals surface area contributed by atoms with Gasteiger partial charge in [-0.3, -0.25) is 4.72 Å². The Morgan fingerprint density at radius 1 is 1.47 bits per heavy atom. The molecule has 0 fully saturated rings. The van der Waals surface area contributed by atoms with Crippen LogP contribution in [0.15, 0.2) is 12.1 Å². The monoisotopic (exact) mass is 279 g/mol. The third-order valence-electron chi connectivity index (χ3n) is 1.70. The predicted molar refractivity (Wildman–Crippen MR) is 62.1 cm³/mol. The number of hydrogen-bond acceptors (Lipinski definition) is 5. The summed E-state index contributed by atoms with van der Waals surface area (Å²) in [6.07, 6.45) is -1.09. The molecule has 1 heterocycles. The normalized spacial score (nSPS) is 10.8. The zero-order valence-corrected chi connectivity index (χ0v) is 10.6. The molecular formula is C8H10ClN3O4S. The van der Waals surface area contributed by atoms with Crippen LogP contribution in [0.1, 0.15) is 5.69 Å². The molecule has 1 aromatic heterocycles. The summed E-state index contributed by atoms with van der Waals surface area (Å²) in [5, 5.41) is 0.242. The highest BCUT2D eigenvalue weighted by Gasteiger charge is 2.15.